The third kappa shape index (κ3) is 2.94. The molecule has 0 bridgehead atoms. The monoisotopic (exact) mass is 337 g/mol. The maximum atomic E-state index is 14.0. The Morgan fingerprint density at radius 1 is 1.17 bits per heavy atom. The highest BCUT2D eigenvalue weighted by atomic mass is 32.2. The summed E-state index contributed by atoms with van der Waals surface area (Å²) in [6, 6.07) is 15.3. The smallest absolute Gasteiger partial charge is 0.270 e. The first-order chi connectivity index (χ1) is 11.6. The third-order valence-electron chi connectivity index (χ3n) is 3.52. The lowest BCUT2D eigenvalue weighted by atomic mass is 10.00. The first-order valence-corrected chi connectivity index (χ1v) is 8.30. The molecule has 1 aromatic heterocycles. The third-order valence-corrected chi connectivity index (χ3v) is 4.10. The fraction of sp³-hybridized carbons (Fsp3) is 0.0556. The zero-order valence-corrected chi connectivity index (χ0v) is 13.5. The number of thioether (sulfide) groups is 1. The van der Waals surface area contributed by atoms with Crippen LogP contribution in [0.15, 0.2) is 58.5 Å². The van der Waals surface area contributed by atoms with Gasteiger partial charge in [-0.15, -0.1) is 0 Å². The maximum Gasteiger partial charge on any atom is 0.270 e. The highest BCUT2D eigenvalue weighted by Gasteiger charge is 2.14. The van der Waals surface area contributed by atoms with Gasteiger partial charge in [-0.25, -0.2) is 9.37 Å². The number of aromatic amines is 1. The van der Waals surface area contributed by atoms with Crippen molar-refractivity contribution in [1.82, 2.24) is 9.97 Å². The van der Waals surface area contributed by atoms with Gasteiger partial charge in [0.2, 0.25) is 0 Å². The second kappa shape index (κ2) is 6.69. The quantitative estimate of drug-likeness (QED) is 0.582. The van der Waals surface area contributed by atoms with Crippen molar-refractivity contribution in [3.05, 3.63) is 70.3 Å². The van der Waals surface area contributed by atoms with Gasteiger partial charge in [0.05, 0.1) is 5.69 Å². The molecule has 0 fully saturated rings. The first-order valence-electron chi connectivity index (χ1n) is 7.08. The van der Waals surface area contributed by atoms with Crippen LogP contribution < -0.4 is 5.56 Å². The minimum Gasteiger partial charge on any atom is -0.300 e. The predicted octanol–water partition coefficient (Wildman–Crippen LogP) is 3.84. The van der Waals surface area contributed by atoms with Crippen molar-refractivity contribution in [1.29, 1.82) is 5.26 Å². The van der Waals surface area contributed by atoms with Crippen LogP contribution in [0.2, 0.25) is 0 Å². The average Bonchev–Trinajstić information content (AvgIpc) is 2.61. The van der Waals surface area contributed by atoms with Gasteiger partial charge < -0.3 is 4.98 Å². The zero-order chi connectivity index (χ0) is 17.1. The summed E-state index contributed by atoms with van der Waals surface area (Å²) < 4.78 is 14.0. The molecule has 0 aliphatic carbocycles. The number of nitrogens with one attached hydrogen (secondary N) is 1. The molecule has 0 saturated carbocycles. The number of rotatable bonds is 3. The molecular weight excluding hydrogens is 325 g/mol. The van der Waals surface area contributed by atoms with Crippen LogP contribution in [0.1, 0.15) is 5.56 Å². The van der Waals surface area contributed by atoms with Crippen molar-refractivity contribution in [3.63, 3.8) is 0 Å². The maximum absolute atomic E-state index is 14.0. The van der Waals surface area contributed by atoms with Gasteiger partial charge in [-0.05, 0) is 24.0 Å². The van der Waals surface area contributed by atoms with Crippen molar-refractivity contribution in [2.45, 2.75) is 5.16 Å². The second-order valence-electron chi connectivity index (χ2n) is 4.97. The highest BCUT2D eigenvalue weighted by Crippen LogP contribution is 2.28. The van der Waals surface area contributed by atoms with E-state index in [4.69, 9.17) is 0 Å². The number of nitrogens with zero attached hydrogens (tertiary/aromatic N) is 2. The van der Waals surface area contributed by atoms with Gasteiger partial charge >= 0.3 is 0 Å². The van der Waals surface area contributed by atoms with Crippen LogP contribution in [0.5, 0.6) is 0 Å². The number of benzene rings is 2. The molecule has 24 heavy (non-hydrogen) atoms. The second-order valence-corrected chi connectivity index (χ2v) is 5.77. The Morgan fingerprint density at radius 2 is 1.92 bits per heavy atom. The van der Waals surface area contributed by atoms with Gasteiger partial charge in [0, 0.05) is 11.1 Å². The van der Waals surface area contributed by atoms with Crippen LogP contribution in [-0.2, 0) is 0 Å². The van der Waals surface area contributed by atoms with Crippen molar-refractivity contribution < 1.29 is 4.39 Å². The molecule has 1 heterocycles. The molecular formula is C18H12FN3OS. The van der Waals surface area contributed by atoms with E-state index in [1.807, 2.05) is 6.07 Å². The molecule has 3 aromatic rings. The lowest BCUT2D eigenvalue weighted by Gasteiger charge is -2.08. The summed E-state index contributed by atoms with van der Waals surface area (Å²) >= 11 is 1.28. The fourth-order valence-electron chi connectivity index (χ4n) is 2.39. The first kappa shape index (κ1) is 16.0. The Hall–Kier alpha value is -2.91. The van der Waals surface area contributed by atoms with Crippen molar-refractivity contribution in [3.8, 4) is 28.5 Å². The van der Waals surface area contributed by atoms with Crippen LogP contribution in [0.25, 0.3) is 22.4 Å². The molecule has 4 nitrogen and oxygen atoms in total. The van der Waals surface area contributed by atoms with E-state index >= 15 is 0 Å². The van der Waals surface area contributed by atoms with E-state index < -0.39 is 5.56 Å². The molecule has 0 aliphatic heterocycles. The summed E-state index contributed by atoms with van der Waals surface area (Å²) in [6.07, 6.45) is 1.78. The van der Waals surface area contributed by atoms with Crippen LogP contribution in [0.3, 0.4) is 0 Å². The largest absolute Gasteiger partial charge is 0.300 e. The molecule has 0 spiro atoms. The number of H-pyrrole nitrogens is 1. The lowest BCUT2D eigenvalue weighted by molar-refractivity contribution is 0.631. The lowest BCUT2D eigenvalue weighted by Crippen LogP contribution is -2.14. The molecule has 2 aromatic carbocycles. The number of nitriles is 1. The molecule has 0 unspecified atom stereocenters. The van der Waals surface area contributed by atoms with E-state index in [0.29, 0.717) is 27.5 Å². The Labute approximate surface area is 142 Å². The molecule has 0 saturated heterocycles. The number of aromatic nitrogens is 2. The van der Waals surface area contributed by atoms with E-state index in [0.717, 1.165) is 0 Å². The molecule has 0 aliphatic rings. The normalized spacial score (nSPS) is 10.4. The molecule has 1 N–H and O–H groups in total. The molecule has 3 rings (SSSR count). The summed E-state index contributed by atoms with van der Waals surface area (Å²) in [4.78, 5) is 18.9. The van der Waals surface area contributed by atoms with E-state index in [2.05, 4.69) is 9.97 Å². The van der Waals surface area contributed by atoms with Crippen molar-refractivity contribution in [2.75, 3.05) is 6.26 Å². The molecule has 0 radical (unpaired) electrons. The summed E-state index contributed by atoms with van der Waals surface area (Å²) in [7, 11) is 0. The average molecular weight is 337 g/mol. The molecule has 118 valence electrons. The van der Waals surface area contributed by atoms with E-state index in [-0.39, 0.29) is 11.4 Å². The molecule has 0 atom stereocenters. The summed E-state index contributed by atoms with van der Waals surface area (Å²) in [5.74, 6) is -0.334. The predicted molar refractivity (Wildman–Crippen MR) is 92.2 cm³/mol. The fourth-order valence-corrected chi connectivity index (χ4v) is 2.77. The summed E-state index contributed by atoms with van der Waals surface area (Å²) in [5, 5.41) is 9.70. The SMILES string of the molecule is CSc1nc(-c2cccc(-c3ccccc3F)c2)c(C#N)c(=O)[nH]1. The molecule has 6 heteroatoms. The van der Waals surface area contributed by atoms with Gasteiger partial charge in [-0.3, -0.25) is 4.79 Å². The number of hydrogen-bond donors (Lipinski definition) is 1. The van der Waals surface area contributed by atoms with Crippen molar-refractivity contribution in [2.24, 2.45) is 0 Å². The van der Waals surface area contributed by atoms with Crippen LogP contribution in [0.4, 0.5) is 4.39 Å². The number of hydrogen-bond acceptors (Lipinski definition) is 4. The van der Waals surface area contributed by atoms with E-state index in [9.17, 15) is 14.4 Å². The van der Waals surface area contributed by atoms with Crippen LogP contribution >= 0.6 is 11.8 Å². The molecule has 0 amide bonds. The van der Waals surface area contributed by atoms with Crippen LogP contribution in [0, 0.1) is 17.1 Å². The van der Waals surface area contributed by atoms with Gasteiger partial charge in [0.25, 0.3) is 5.56 Å². The summed E-state index contributed by atoms with van der Waals surface area (Å²) in [6.45, 7) is 0. The van der Waals surface area contributed by atoms with Gasteiger partial charge in [-0.1, -0.05) is 48.2 Å². The standard InChI is InChI=1S/C18H12FN3OS/c1-24-18-21-16(14(10-20)17(23)22-18)12-6-4-5-11(9-12)13-7-2-3-8-15(13)19/h2-9H,1H3,(H,21,22,23). The number of halogens is 1. The highest BCUT2D eigenvalue weighted by molar-refractivity contribution is 7.98. The minimum absolute atomic E-state index is 0.0570. The van der Waals surface area contributed by atoms with E-state index in [1.54, 1.807) is 48.7 Å². The van der Waals surface area contributed by atoms with Gasteiger partial charge in [-0.2, -0.15) is 5.26 Å². The van der Waals surface area contributed by atoms with Crippen molar-refractivity contribution >= 4 is 11.8 Å². The van der Waals surface area contributed by atoms with Crippen LogP contribution in [-0.4, -0.2) is 16.2 Å². The summed E-state index contributed by atoms with van der Waals surface area (Å²) in [5.41, 5.74) is 1.45. The Kier molecular flexibility index (Phi) is 4.45. The van der Waals surface area contributed by atoms with Gasteiger partial charge in [0.1, 0.15) is 17.4 Å². The van der Waals surface area contributed by atoms with Gasteiger partial charge in [0.15, 0.2) is 5.16 Å². The Morgan fingerprint density at radius 3 is 2.62 bits per heavy atom. The minimum atomic E-state index is -0.483. The Bertz CT molecular complexity index is 1010. The van der Waals surface area contributed by atoms with E-state index in [1.165, 1.54) is 17.8 Å². The zero-order valence-electron chi connectivity index (χ0n) is 12.7. The Balaban J connectivity index is 2.21. The topological polar surface area (TPSA) is 69.5 Å².